The molecule has 0 amide bonds. The molecule has 1 fully saturated rings. The van der Waals surface area contributed by atoms with Crippen molar-refractivity contribution in [2.24, 2.45) is 0 Å². The summed E-state index contributed by atoms with van der Waals surface area (Å²) in [6.07, 6.45) is 3.68. The standard InChI is InChI=1S/C14H18O2.C2H6/c1-9-7-12(11-5-4-6-11)13(8-10(9)2)14(15)16-3;1-2/h7-8,11H,4-6H2,1-3H3;1-2H3. The summed E-state index contributed by atoms with van der Waals surface area (Å²) >= 11 is 0. The van der Waals surface area contributed by atoms with Crippen molar-refractivity contribution < 1.29 is 9.53 Å². The third-order valence-electron chi connectivity index (χ3n) is 3.62. The average Bonchev–Trinajstić information content (AvgIpc) is 2.33. The summed E-state index contributed by atoms with van der Waals surface area (Å²) in [5, 5.41) is 0. The highest BCUT2D eigenvalue weighted by Gasteiger charge is 2.25. The lowest BCUT2D eigenvalue weighted by atomic mass is 9.77. The fraction of sp³-hybridized carbons (Fsp3) is 0.562. The Morgan fingerprint density at radius 1 is 1.17 bits per heavy atom. The monoisotopic (exact) mass is 248 g/mol. The largest absolute Gasteiger partial charge is 0.465 e. The number of ether oxygens (including phenoxy) is 1. The Morgan fingerprint density at radius 3 is 2.17 bits per heavy atom. The summed E-state index contributed by atoms with van der Waals surface area (Å²) in [6.45, 7) is 8.13. The van der Waals surface area contributed by atoms with Crippen molar-refractivity contribution in [3.8, 4) is 0 Å². The highest BCUT2D eigenvalue weighted by Crippen LogP contribution is 2.39. The van der Waals surface area contributed by atoms with Gasteiger partial charge in [0.05, 0.1) is 12.7 Å². The molecule has 0 atom stereocenters. The number of rotatable bonds is 2. The first kappa shape index (κ1) is 14.7. The van der Waals surface area contributed by atoms with Crippen molar-refractivity contribution in [2.45, 2.75) is 52.9 Å². The molecular weight excluding hydrogens is 224 g/mol. The maximum Gasteiger partial charge on any atom is 0.338 e. The van der Waals surface area contributed by atoms with Crippen LogP contribution in [0, 0.1) is 13.8 Å². The molecule has 2 nitrogen and oxygen atoms in total. The fourth-order valence-electron chi connectivity index (χ4n) is 2.18. The number of esters is 1. The molecule has 0 bridgehead atoms. The summed E-state index contributed by atoms with van der Waals surface area (Å²) in [5.74, 6) is 0.360. The Morgan fingerprint density at radius 2 is 1.72 bits per heavy atom. The summed E-state index contributed by atoms with van der Waals surface area (Å²) < 4.78 is 4.85. The van der Waals surface area contributed by atoms with Gasteiger partial charge >= 0.3 is 5.97 Å². The van der Waals surface area contributed by atoms with Gasteiger partial charge in [0.1, 0.15) is 0 Å². The Kier molecular flexibility index (Phi) is 5.39. The van der Waals surface area contributed by atoms with Gasteiger partial charge in [-0.15, -0.1) is 0 Å². The van der Waals surface area contributed by atoms with Crippen LogP contribution >= 0.6 is 0 Å². The van der Waals surface area contributed by atoms with Crippen LogP contribution in [0.15, 0.2) is 12.1 Å². The highest BCUT2D eigenvalue weighted by molar-refractivity contribution is 5.91. The number of carbonyl (C=O) groups is 1. The van der Waals surface area contributed by atoms with Gasteiger partial charge < -0.3 is 4.74 Å². The lowest BCUT2D eigenvalue weighted by Gasteiger charge is -2.28. The molecule has 1 aromatic carbocycles. The Bertz CT molecular complexity index is 417. The number of benzene rings is 1. The van der Waals surface area contributed by atoms with Gasteiger partial charge in [-0.25, -0.2) is 4.79 Å². The highest BCUT2D eigenvalue weighted by atomic mass is 16.5. The Hall–Kier alpha value is -1.31. The minimum Gasteiger partial charge on any atom is -0.465 e. The minimum absolute atomic E-state index is 0.204. The molecule has 18 heavy (non-hydrogen) atoms. The van der Waals surface area contributed by atoms with Crippen LogP contribution in [0.5, 0.6) is 0 Å². The molecule has 0 heterocycles. The lowest BCUT2D eigenvalue weighted by molar-refractivity contribution is 0.0598. The summed E-state index contributed by atoms with van der Waals surface area (Å²) in [4.78, 5) is 11.7. The first-order valence-electron chi connectivity index (χ1n) is 6.83. The van der Waals surface area contributed by atoms with Gasteiger partial charge in [-0.05, 0) is 55.4 Å². The predicted molar refractivity (Wildman–Crippen MR) is 75.2 cm³/mol. The van der Waals surface area contributed by atoms with Crippen LogP contribution in [0.4, 0.5) is 0 Å². The van der Waals surface area contributed by atoms with E-state index in [0.717, 1.165) is 11.1 Å². The molecule has 2 rings (SSSR count). The molecule has 0 aliphatic heterocycles. The van der Waals surface area contributed by atoms with E-state index in [1.165, 1.54) is 37.5 Å². The lowest BCUT2D eigenvalue weighted by Crippen LogP contribution is -2.15. The third kappa shape index (κ3) is 2.92. The Balaban J connectivity index is 0.000000771. The zero-order valence-corrected chi connectivity index (χ0v) is 12.2. The second-order valence-corrected chi connectivity index (χ2v) is 4.64. The molecule has 0 aromatic heterocycles. The second kappa shape index (κ2) is 6.58. The molecule has 100 valence electrons. The molecule has 2 heteroatoms. The van der Waals surface area contributed by atoms with Crippen molar-refractivity contribution in [3.05, 3.63) is 34.4 Å². The van der Waals surface area contributed by atoms with Crippen LogP contribution in [-0.4, -0.2) is 13.1 Å². The molecule has 0 N–H and O–H groups in total. The third-order valence-corrected chi connectivity index (χ3v) is 3.62. The van der Waals surface area contributed by atoms with E-state index in [-0.39, 0.29) is 5.97 Å². The molecule has 1 aliphatic rings. The fourth-order valence-corrected chi connectivity index (χ4v) is 2.18. The summed E-state index contributed by atoms with van der Waals surface area (Å²) in [6, 6.07) is 4.13. The predicted octanol–water partition coefficient (Wildman–Crippen LogP) is 4.38. The van der Waals surface area contributed by atoms with Gasteiger partial charge in [-0.1, -0.05) is 26.3 Å². The van der Waals surface area contributed by atoms with Crippen LogP contribution < -0.4 is 0 Å². The van der Waals surface area contributed by atoms with Crippen LogP contribution in [0.25, 0.3) is 0 Å². The van der Waals surface area contributed by atoms with Gasteiger partial charge in [0, 0.05) is 0 Å². The molecule has 1 aromatic rings. The minimum atomic E-state index is -0.204. The molecule has 0 saturated heterocycles. The van der Waals surface area contributed by atoms with E-state index in [0.29, 0.717) is 5.92 Å². The van der Waals surface area contributed by atoms with E-state index in [4.69, 9.17) is 4.74 Å². The quantitative estimate of drug-likeness (QED) is 0.726. The topological polar surface area (TPSA) is 26.3 Å². The molecule has 1 aliphatic carbocycles. The number of methoxy groups -OCH3 is 1. The van der Waals surface area contributed by atoms with Crippen molar-refractivity contribution in [1.82, 2.24) is 0 Å². The second-order valence-electron chi connectivity index (χ2n) is 4.64. The molecule has 0 spiro atoms. The molecule has 0 radical (unpaired) electrons. The number of hydrogen-bond donors (Lipinski definition) is 0. The van der Waals surface area contributed by atoms with Crippen molar-refractivity contribution in [1.29, 1.82) is 0 Å². The van der Waals surface area contributed by atoms with Gasteiger partial charge in [0.15, 0.2) is 0 Å². The number of aryl methyl sites for hydroxylation is 2. The maximum atomic E-state index is 11.7. The van der Waals surface area contributed by atoms with Gasteiger partial charge in [0.25, 0.3) is 0 Å². The zero-order chi connectivity index (χ0) is 13.7. The first-order valence-corrected chi connectivity index (χ1v) is 6.83. The maximum absolute atomic E-state index is 11.7. The van der Waals surface area contributed by atoms with E-state index >= 15 is 0 Å². The van der Waals surface area contributed by atoms with Crippen LogP contribution in [0.1, 0.15) is 66.1 Å². The van der Waals surface area contributed by atoms with Crippen LogP contribution in [-0.2, 0) is 4.74 Å². The van der Waals surface area contributed by atoms with Crippen LogP contribution in [0.2, 0.25) is 0 Å². The summed E-state index contributed by atoms with van der Waals surface area (Å²) in [5.41, 5.74) is 4.36. The molecule has 1 saturated carbocycles. The molecule has 0 unspecified atom stereocenters. The van der Waals surface area contributed by atoms with E-state index in [1.54, 1.807) is 0 Å². The van der Waals surface area contributed by atoms with Gasteiger partial charge in [0.2, 0.25) is 0 Å². The van der Waals surface area contributed by atoms with Crippen molar-refractivity contribution in [2.75, 3.05) is 7.11 Å². The van der Waals surface area contributed by atoms with E-state index in [2.05, 4.69) is 13.0 Å². The number of carbonyl (C=O) groups excluding carboxylic acids is 1. The number of hydrogen-bond acceptors (Lipinski definition) is 2. The zero-order valence-electron chi connectivity index (χ0n) is 12.2. The van der Waals surface area contributed by atoms with Gasteiger partial charge in [-0.2, -0.15) is 0 Å². The van der Waals surface area contributed by atoms with E-state index in [1.807, 2.05) is 26.8 Å². The van der Waals surface area contributed by atoms with Crippen molar-refractivity contribution >= 4 is 5.97 Å². The first-order chi connectivity index (χ1) is 8.63. The van der Waals surface area contributed by atoms with E-state index in [9.17, 15) is 4.79 Å². The average molecular weight is 248 g/mol. The SMILES string of the molecule is CC.COC(=O)c1cc(C)c(C)cc1C1CCC1. The van der Waals surface area contributed by atoms with E-state index < -0.39 is 0 Å². The van der Waals surface area contributed by atoms with Crippen molar-refractivity contribution in [3.63, 3.8) is 0 Å². The summed E-state index contributed by atoms with van der Waals surface area (Å²) in [7, 11) is 1.45. The molecular formula is C16H24O2. The van der Waals surface area contributed by atoms with Gasteiger partial charge in [-0.3, -0.25) is 0 Å². The normalized spacial score (nSPS) is 14.3. The van der Waals surface area contributed by atoms with Crippen LogP contribution in [0.3, 0.4) is 0 Å². The smallest absolute Gasteiger partial charge is 0.338 e. The Labute approximate surface area is 110 Å².